The molecular formula is C18H18N4OS. The average molecular weight is 338 g/mol. The number of urea groups is 1. The van der Waals surface area contributed by atoms with Crippen molar-refractivity contribution in [3.05, 3.63) is 72.1 Å². The lowest BCUT2D eigenvalue weighted by atomic mass is 10.2. The molecule has 1 aromatic heterocycles. The van der Waals surface area contributed by atoms with Crippen molar-refractivity contribution in [2.45, 2.75) is 23.3 Å². The van der Waals surface area contributed by atoms with Gasteiger partial charge in [-0.05, 0) is 43.3 Å². The number of carbonyl (C=O) groups excluding carboxylic acids is 1. The predicted molar refractivity (Wildman–Crippen MR) is 96.2 cm³/mol. The van der Waals surface area contributed by atoms with E-state index >= 15 is 0 Å². The Morgan fingerprint density at radius 1 is 1.08 bits per heavy atom. The van der Waals surface area contributed by atoms with Gasteiger partial charge in [-0.15, -0.1) is 0 Å². The molecule has 2 amide bonds. The van der Waals surface area contributed by atoms with Crippen LogP contribution in [0.3, 0.4) is 0 Å². The van der Waals surface area contributed by atoms with Crippen LogP contribution < -0.4 is 10.6 Å². The first-order valence-corrected chi connectivity index (χ1v) is 8.38. The Labute approximate surface area is 144 Å². The number of aromatic amines is 1. The van der Waals surface area contributed by atoms with E-state index in [1.807, 2.05) is 24.3 Å². The van der Waals surface area contributed by atoms with Crippen LogP contribution in [0.5, 0.6) is 0 Å². The number of anilines is 1. The van der Waals surface area contributed by atoms with Gasteiger partial charge in [-0.1, -0.05) is 29.5 Å². The third-order valence-electron chi connectivity index (χ3n) is 3.38. The molecule has 0 aliphatic carbocycles. The molecule has 0 fully saturated rings. The second-order valence-corrected chi connectivity index (χ2v) is 6.50. The van der Waals surface area contributed by atoms with Crippen LogP contribution in [0, 0.1) is 6.92 Å². The van der Waals surface area contributed by atoms with Crippen molar-refractivity contribution in [1.29, 1.82) is 0 Å². The number of nitrogens with one attached hydrogen (secondary N) is 3. The van der Waals surface area contributed by atoms with Crippen molar-refractivity contribution >= 4 is 23.5 Å². The largest absolute Gasteiger partial charge is 0.334 e. The van der Waals surface area contributed by atoms with Gasteiger partial charge in [0.25, 0.3) is 0 Å². The van der Waals surface area contributed by atoms with E-state index in [2.05, 4.69) is 52.0 Å². The number of carbonyl (C=O) groups is 1. The van der Waals surface area contributed by atoms with Crippen molar-refractivity contribution < 1.29 is 4.79 Å². The van der Waals surface area contributed by atoms with Crippen LogP contribution in [0.2, 0.25) is 0 Å². The maximum absolute atomic E-state index is 11.9. The van der Waals surface area contributed by atoms with Gasteiger partial charge >= 0.3 is 6.03 Å². The molecule has 24 heavy (non-hydrogen) atoms. The lowest BCUT2D eigenvalue weighted by Crippen LogP contribution is -2.27. The topological polar surface area (TPSA) is 69.8 Å². The van der Waals surface area contributed by atoms with Gasteiger partial charge in [0.1, 0.15) is 0 Å². The van der Waals surface area contributed by atoms with E-state index in [1.165, 1.54) is 10.5 Å². The first-order chi connectivity index (χ1) is 11.7. The number of hydrogen-bond acceptors (Lipinski definition) is 3. The van der Waals surface area contributed by atoms with E-state index in [0.717, 1.165) is 16.1 Å². The van der Waals surface area contributed by atoms with E-state index in [1.54, 1.807) is 24.2 Å². The summed E-state index contributed by atoms with van der Waals surface area (Å²) in [4.78, 5) is 14.2. The highest BCUT2D eigenvalue weighted by Crippen LogP contribution is 2.28. The number of H-pyrrole nitrogens is 1. The summed E-state index contributed by atoms with van der Waals surface area (Å²) in [5.41, 5.74) is 2.93. The van der Waals surface area contributed by atoms with Crippen LogP contribution in [0.1, 0.15) is 11.1 Å². The number of rotatable bonds is 5. The smallest absolute Gasteiger partial charge is 0.319 e. The summed E-state index contributed by atoms with van der Waals surface area (Å²) in [7, 11) is 0. The molecule has 3 N–H and O–H groups in total. The van der Waals surface area contributed by atoms with Gasteiger partial charge in [0.15, 0.2) is 0 Å². The zero-order chi connectivity index (χ0) is 16.8. The summed E-state index contributed by atoms with van der Waals surface area (Å²) in [5.74, 6) is 0. The van der Waals surface area contributed by atoms with Gasteiger partial charge in [-0.3, -0.25) is 5.10 Å². The normalized spacial score (nSPS) is 10.4. The molecule has 3 rings (SSSR count). The second kappa shape index (κ2) is 7.70. The molecule has 0 saturated carbocycles. The minimum atomic E-state index is -0.241. The predicted octanol–water partition coefficient (Wildman–Crippen LogP) is 4.19. The zero-order valence-corrected chi connectivity index (χ0v) is 14.1. The summed E-state index contributed by atoms with van der Waals surface area (Å²) >= 11 is 1.69. The Balaban J connectivity index is 1.52. The van der Waals surface area contributed by atoms with Gasteiger partial charge in [0.2, 0.25) is 0 Å². The zero-order valence-electron chi connectivity index (χ0n) is 13.2. The van der Waals surface area contributed by atoms with E-state index in [9.17, 15) is 4.79 Å². The van der Waals surface area contributed by atoms with Crippen LogP contribution in [-0.2, 0) is 6.54 Å². The molecule has 0 aliphatic rings. The Hall–Kier alpha value is -2.73. The Bertz CT molecular complexity index is 783. The van der Waals surface area contributed by atoms with Gasteiger partial charge in [-0.2, -0.15) is 5.10 Å². The van der Waals surface area contributed by atoms with Crippen molar-refractivity contribution in [3.63, 3.8) is 0 Å². The molecule has 1 heterocycles. The Morgan fingerprint density at radius 3 is 2.38 bits per heavy atom. The fraction of sp³-hybridized carbons (Fsp3) is 0.111. The highest BCUT2D eigenvalue weighted by molar-refractivity contribution is 7.99. The maximum Gasteiger partial charge on any atom is 0.319 e. The van der Waals surface area contributed by atoms with E-state index < -0.39 is 0 Å². The van der Waals surface area contributed by atoms with E-state index in [4.69, 9.17) is 0 Å². The third-order valence-corrected chi connectivity index (χ3v) is 4.39. The highest BCUT2D eigenvalue weighted by atomic mass is 32.2. The molecule has 5 nitrogen and oxygen atoms in total. The molecular weight excluding hydrogens is 320 g/mol. The minimum Gasteiger partial charge on any atom is -0.334 e. The van der Waals surface area contributed by atoms with Gasteiger partial charge < -0.3 is 10.6 Å². The summed E-state index contributed by atoms with van der Waals surface area (Å²) in [6, 6.07) is 16.0. The quantitative estimate of drug-likeness (QED) is 0.653. The van der Waals surface area contributed by atoms with Gasteiger partial charge in [-0.25, -0.2) is 4.79 Å². The first kappa shape index (κ1) is 16.1. The lowest BCUT2D eigenvalue weighted by Gasteiger charge is -2.08. The molecule has 0 spiro atoms. The summed E-state index contributed by atoms with van der Waals surface area (Å²) < 4.78 is 0. The van der Waals surface area contributed by atoms with E-state index in [-0.39, 0.29) is 6.03 Å². The molecule has 0 bridgehead atoms. The minimum absolute atomic E-state index is 0.241. The molecule has 0 radical (unpaired) electrons. The molecule has 2 aromatic carbocycles. The number of aromatic nitrogens is 2. The second-order valence-electron chi connectivity index (χ2n) is 5.35. The molecule has 0 atom stereocenters. The molecule has 0 unspecified atom stereocenters. The summed E-state index contributed by atoms with van der Waals surface area (Å²) in [5, 5.41) is 12.1. The number of amides is 2. The average Bonchev–Trinajstić information content (AvgIpc) is 3.10. The summed E-state index contributed by atoms with van der Waals surface area (Å²) in [6.07, 6.45) is 3.43. The first-order valence-electron chi connectivity index (χ1n) is 7.56. The van der Waals surface area contributed by atoms with Crippen LogP contribution >= 0.6 is 11.8 Å². The van der Waals surface area contributed by atoms with Crippen LogP contribution in [0.15, 0.2) is 70.7 Å². The molecule has 0 aliphatic heterocycles. The van der Waals surface area contributed by atoms with Crippen LogP contribution in [0.4, 0.5) is 10.5 Å². The van der Waals surface area contributed by atoms with Crippen molar-refractivity contribution in [1.82, 2.24) is 15.5 Å². The van der Waals surface area contributed by atoms with Gasteiger partial charge in [0.05, 0.1) is 6.20 Å². The van der Waals surface area contributed by atoms with Crippen LogP contribution in [-0.4, -0.2) is 16.2 Å². The Morgan fingerprint density at radius 2 is 1.75 bits per heavy atom. The van der Waals surface area contributed by atoms with Crippen molar-refractivity contribution in [3.8, 4) is 0 Å². The monoisotopic (exact) mass is 338 g/mol. The Kier molecular flexibility index (Phi) is 5.18. The maximum atomic E-state index is 11.9. The van der Waals surface area contributed by atoms with Crippen molar-refractivity contribution in [2.24, 2.45) is 0 Å². The number of aryl methyl sites for hydroxylation is 1. The summed E-state index contributed by atoms with van der Waals surface area (Å²) in [6.45, 7) is 2.51. The number of hydrogen-bond donors (Lipinski definition) is 3. The molecule has 6 heteroatoms. The molecule has 0 saturated heterocycles. The fourth-order valence-corrected chi connectivity index (χ4v) is 2.90. The third kappa shape index (κ3) is 4.63. The lowest BCUT2D eigenvalue weighted by molar-refractivity contribution is 0.251. The molecule has 3 aromatic rings. The standard InChI is InChI=1S/C18H18N4OS/c1-13-2-6-16(7-3-13)24-17-8-4-15(5-9-17)22-18(23)19-10-14-11-20-21-12-14/h2-9,11-12H,10H2,1H3,(H,20,21)(H2,19,22,23). The highest BCUT2D eigenvalue weighted by Gasteiger charge is 2.03. The van der Waals surface area contributed by atoms with Crippen LogP contribution in [0.25, 0.3) is 0 Å². The van der Waals surface area contributed by atoms with Crippen molar-refractivity contribution in [2.75, 3.05) is 5.32 Å². The number of benzene rings is 2. The molecule has 122 valence electrons. The fourth-order valence-electron chi connectivity index (χ4n) is 2.08. The van der Waals surface area contributed by atoms with E-state index in [0.29, 0.717) is 6.54 Å². The van der Waals surface area contributed by atoms with Gasteiger partial charge in [0, 0.05) is 33.8 Å². The number of nitrogens with zero attached hydrogens (tertiary/aromatic N) is 1. The SMILES string of the molecule is Cc1ccc(Sc2ccc(NC(=O)NCc3cn[nH]c3)cc2)cc1.